The number of carbonyl (C=O) groups is 2. The van der Waals surface area contributed by atoms with E-state index in [0.29, 0.717) is 43.1 Å². The number of H-pyrrole nitrogens is 1. The number of amides is 1. The van der Waals surface area contributed by atoms with E-state index in [-0.39, 0.29) is 28.8 Å². The van der Waals surface area contributed by atoms with Gasteiger partial charge in [0.25, 0.3) is 5.91 Å². The SMILES string of the molecule is COc1c(N2CCN(C(=O)c3c[nH]c(N)c3)CC2)c(F)cc2c(=O)c(C(=O)O)cn(C3CC3)c12. The van der Waals surface area contributed by atoms with E-state index in [1.165, 1.54) is 13.3 Å². The first kappa shape index (κ1) is 21.8. The van der Waals surface area contributed by atoms with Crippen LogP contribution in [-0.4, -0.2) is 64.7 Å². The molecule has 1 saturated carbocycles. The molecule has 2 fully saturated rings. The standard InChI is InChI=1S/C23H24FN5O5/c1-34-21-18-14(20(30)15(23(32)33)11-29(18)13-2-3-13)9-16(24)19(21)27-4-6-28(7-5-27)22(31)12-8-17(25)26-10-12/h8-11,13,26H,2-7,25H2,1H3,(H,32,33). The number of nitrogens with one attached hydrogen (secondary N) is 1. The van der Waals surface area contributed by atoms with E-state index in [0.717, 1.165) is 18.9 Å². The van der Waals surface area contributed by atoms with Crippen molar-refractivity contribution >= 4 is 34.3 Å². The summed E-state index contributed by atoms with van der Waals surface area (Å²) >= 11 is 0. The van der Waals surface area contributed by atoms with E-state index in [1.807, 2.05) is 0 Å². The van der Waals surface area contributed by atoms with Gasteiger partial charge in [-0.15, -0.1) is 0 Å². The summed E-state index contributed by atoms with van der Waals surface area (Å²) in [5, 5.41) is 9.45. The third kappa shape index (κ3) is 3.53. The quantitative estimate of drug-likeness (QED) is 0.521. The van der Waals surface area contributed by atoms with Crippen LogP contribution < -0.4 is 20.8 Å². The zero-order valence-corrected chi connectivity index (χ0v) is 18.5. The van der Waals surface area contributed by atoms with Gasteiger partial charge in [0.05, 0.1) is 23.6 Å². The molecule has 3 aromatic rings. The normalized spacial score (nSPS) is 16.2. The molecule has 0 atom stereocenters. The Morgan fingerprint density at radius 3 is 2.47 bits per heavy atom. The second-order valence-corrected chi connectivity index (χ2v) is 8.57. The number of carboxylic acid groups (broad SMARTS) is 1. The zero-order chi connectivity index (χ0) is 24.1. The number of rotatable bonds is 5. The van der Waals surface area contributed by atoms with Gasteiger partial charge in [0.15, 0.2) is 11.6 Å². The zero-order valence-electron chi connectivity index (χ0n) is 18.5. The summed E-state index contributed by atoms with van der Waals surface area (Å²) < 4.78 is 22.8. The highest BCUT2D eigenvalue weighted by Gasteiger charge is 2.32. The number of nitrogens with zero attached hydrogens (tertiary/aromatic N) is 3. The van der Waals surface area contributed by atoms with Gasteiger partial charge in [0, 0.05) is 44.6 Å². The maximum Gasteiger partial charge on any atom is 0.341 e. The molecule has 1 aliphatic heterocycles. The highest BCUT2D eigenvalue weighted by molar-refractivity contribution is 5.97. The van der Waals surface area contributed by atoms with Gasteiger partial charge in [-0.2, -0.15) is 0 Å². The van der Waals surface area contributed by atoms with Crippen molar-refractivity contribution in [3.63, 3.8) is 0 Å². The molecule has 1 saturated heterocycles. The van der Waals surface area contributed by atoms with Crippen LogP contribution in [0.3, 0.4) is 0 Å². The third-order valence-corrected chi connectivity index (χ3v) is 6.41. The van der Waals surface area contributed by atoms with Crippen LogP contribution in [0, 0.1) is 5.82 Å². The van der Waals surface area contributed by atoms with Crippen LogP contribution in [-0.2, 0) is 0 Å². The highest BCUT2D eigenvalue weighted by atomic mass is 19.1. The van der Waals surface area contributed by atoms with Crippen LogP contribution in [0.4, 0.5) is 15.9 Å². The van der Waals surface area contributed by atoms with Crippen molar-refractivity contribution in [1.82, 2.24) is 14.5 Å². The summed E-state index contributed by atoms with van der Waals surface area (Å²) in [7, 11) is 1.40. The lowest BCUT2D eigenvalue weighted by Gasteiger charge is -2.37. The molecule has 4 N–H and O–H groups in total. The monoisotopic (exact) mass is 469 g/mol. The number of ether oxygens (including phenoxy) is 1. The Morgan fingerprint density at radius 2 is 1.91 bits per heavy atom. The fraction of sp³-hybridized carbons (Fsp3) is 0.348. The Kier molecular flexibility index (Phi) is 5.18. The molecular weight excluding hydrogens is 445 g/mol. The lowest BCUT2D eigenvalue weighted by atomic mass is 10.1. The van der Waals surface area contributed by atoms with E-state index >= 15 is 4.39 Å². The van der Waals surface area contributed by atoms with Gasteiger partial charge in [-0.05, 0) is 25.0 Å². The maximum atomic E-state index is 15.4. The number of benzene rings is 1. The summed E-state index contributed by atoms with van der Waals surface area (Å²) in [6, 6.07) is 2.70. The van der Waals surface area contributed by atoms with Gasteiger partial charge in [-0.3, -0.25) is 9.59 Å². The van der Waals surface area contributed by atoms with Crippen molar-refractivity contribution < 1.29 is 23.8 Å². The lowest BCUT2D eigenvalue weighted by molar-refractivity contribution is 0.0693. The van der Waals surface area contributed by atoms with Crippen LogP contribution in [0.5, 0.6) is 5.75 Å². The summed E-state index contributed by atoms with van der Waals surface area (Å²) in [4.78, 5) is 43.4. The molecule has 2 aliphatic rings. The number of nitrogens with two attached hydrogens (primary N) is 1. The number of fused-ring (bicyclic) bond motifs is 1. The molecule has 34 heavy (non-hydrogen) atoms. The number of hydrogen-bond donors (Lipinski definition) is 3. The van der Waals surface area contributed by atoms with E-state index in [4.69, 9.17) is 10.5 Å². The molecule has 1 aromatic carbocycles. The molecule has 11 heteroatoms. The molecule has 2 aromatic heterocycles. The number of methoxy groups -OCH3 is 1. The lowest BCUT2D eigenvalue weighted by Crippen LogP contribution is -2.49. The first-order chi connectivity index (χ1) is 16.3. The van der Waals surface area contributed by atoms with Crippen molar-refractivity contribution in [1.29, 1.82) is 0 Å². The molecule has 5 rings (SSSR count). The van der Waals surface area contributed by atoms with Crippen LogP contribution in [0.2, 0.25) is 0 Å². The fourth-order valence-electron chi connectivity index (χ4n) is 4.58. The molecular formula is C23H24FN5O5. The molecule has 10 nitrogen and oxygen atoms in total. The minimum absolute atomic E-state index is 0.0243. The van der Waals surface area contributed by atoms with Crippen LogP contribution >= 0.6 is 0 Å². The number of hydrogen-bond acceptors (Lipinski definition) is 6. The summed E-state index contributed by atoms with van der Waals surface area (Å²) in [5.74, 6) is -1.60. The van der Waals surface area contributed by atoms with Gasteiger partial charge in [0.1, 0.15) is 17.1 Å². The fourth-order valence-corrected chi connectivity index (χ4v) is 4.58. The number of pyridine rings is 1. The number of anilines is 2. The molecule has 0 radical (unpaired) electrons. The number of halogens is 1. The van der Waals surface area contributed by atoms with Crippen LogP contribution in [0.1, 0.15) is 39.6 Å². The average Bonchev–Trinajstić information content (AvgIpc) is 3.58. The van der Waals surface area contributed by atoms with Crippen molar-refractivity contribution in [2.24, 2.45) is 0 Å². The van der Waals surface area contributed by atoms with Gasteiger partial charge < -0.3 is 34.9 Å². The molecule has 0 bridgehead atoms. The second-order valence-electron chi connectivity index (χ2n) is 8.57. The number of nitrogen functional groups attached to an aromatic ring is 1. The van der Waals surface area contributed by atoms with E-state index in [9.17, 15) is 19.5 Å². The topological polar surface area (TPSA) is 134 Å². The smallest absolute Gasteiger partial charge is 0.341 e. The third-order valence-electron chi connectivity index (χ3n) is 6.41. The highest BCUT2D eigenvalue weighted by Crippen LogP contribution is 2.43. The van der Waals surface area contributed by atoms with E-state index < -0.39 is 22.8 Å². The van der Waals surface area contributed by atoms with Gasteiger partial charge in [-0.1, -0.05) is 0 Å². The van der Waals surface area contributed by atoms with Crippen LogP contribution in [0.25, 0.3) is 10.9 Å². The minimum atomic E-state index is -1.35. The maximum absolute atomic E-state index is 15.4. The largest absolute Gasteiger partial charge is 0.492 e. The van der Waals surface area contributed by atoms with Crippen molar-refractivity contribution in [3.8, 4) is 5.75 Å². The van der Waals surface area contributed by atoms with Crippen LogP contribution in [0.15, 0.2) is 29.3 Å². The summed E-state index contributed by atoms with van der Waals surface area (Å²) in [6.45, 7) is 1.42. The Bertz CT molecular complexity index is 1370. The Morgan fingerprint density at radius 1 is 1.21 bits per heavy atom. The molecule has 178 valence electrons. The minimum Gasteiger partial charge on any atom is -0.492 e. The number of piperazine rings is 1. The summed E-state index contributed by atoms with van der Waals surface area (Å²) in [6.07, 6.45) is 4.54. The predicted octanol–water partition coefficient (Wildman–Crippen LogP) is 2.05. The van der Waals surface area contributed by atoms with Crippen molar-refractivity contribution in [2.75, 3.05) is 43.9 Å². The number of carboxylic acids is 1. The molecule has 0 unspecified atom stereocenters. The second kappa shape index (κ2) is 8.08. The van der Waals surface area contributed by atoms with Gasteiger partial charge in [-0.25, -0.2) is 9.18 Å². The Hall–Kier alpha value is -4.02. The Balaban J connectivity index is 1.53. The number of aromatic amines is 1. The number of aromatic nitrogens is 2. The van der Waals surface area contributed by atoms with Crippen molar-refractivity contribution in [3.05, 3.63) is 51.7 Å². The van der Waals surface area contributed by atoms with Crippen molar-refractivity contribution in [2.45, 2.75) is 18.9 Å². The molecule has 0 spiro atoms. The molecule has 1 aliphatic carbocycles. The first-order valence-electron chi connectivity index (χ1n) is 11.0. The van der Waals surface area contributed by atoms with E-state index in [1.54, 1.807) is 26.6 Å². The molecule has 3 heterocycles. The van der Waals surface area contributed by atoms with Gasteiger partial charge in [0.2, 0.25) is 5.43 Å². The van der Waals surface area contributed by atoms with Gasteiger partial charge >= 0.3 is 5.97 Å². The van der Waals surface area contributed by atoms with E-state index in [2.05, 4.69) is 4.98 Å². The molecule has 1 amide bonds. The average molecular weight is 469 g/mol. The first-order valence-corrected chi connectivity index (χ1v) is 11.0. The summed E-state index contributed by atoms with van der Waals surface area (Å²) in [5.41, 5.74) is 5.57. The predicted molar refractivity (Wildman–Crippen MR) is 123 cm³/mol. The number of carbonyl (C=O) groups excluding carboxylic acids is 1. The Labute approximate surface area is 193 Å². The number of aromatic carboxylic acids is 1.